The van der Waals surface area contributed by atoms with Crippen molar-refractivity contribution in [2.75, 3.05) is 28.6 Å². The smallest absolute Gasteiger partial charge is 0.228 e. The highest BCUT2D eigenvalue weighted by molar-refractivity contribution is 6.30. The summed E-state index contributed by atoms with van der Waals surface area (Å²) in [5.74, 6) is -0.836. The standard InChI is InChI=1S/C21H24ClN3O2/c1-3-25(4-2)17-10-8-15(9-11-17)23-20(26)18-13-19(18)21(27)24-16-7-5-6-14(22)12-16/h5-12,18-19H,3-4,13H2,1-2H3,(H,23,26)(H,24,27). The number of hydrogen-bond acceptors (Lipinski definition) is 3. The molecule has 0 heterocycles. The molecule has 2 aromatic rings. The van der Waals surface area contributed by atoms with Gasteiger partial charge in [0, 0.05) is 35.2 Å². The van der Waals surface area contributed by atoms with Gasteiger partial charge in [-0.25, -0.2) is 0 Å². The molecule has 1 aliphatic rings. The summed E-state index contributed by atoms with van der Waals surface area (Å²) in [6, 6.07) is 14.8. The van der Waals surface area contributed by atoms with Crippen LogP contribution in [-0.4, -0.2) is 24.9 Å². The molecule has 0 spiro atoms. The average Bonchev–Trinajstić information content (AvgIpc) is 3.45. The van der Waals surface area contributed by atoms with Gasteiger partial charge in [-0.1, -0.05) is 17.7 Å². The van der Waals surface area contributed by atoms with Crippen molar-refractivity contribution in [1.82, 2.24) is 0 Å². The number of hydrogen-bond donors (Lipinski definition) is 2. The van der Waals surface area contributed by atoms with Gasteiger partial charge in [0.25, 0.3) is 0 Å². The predicted molar refractivity (Wildman–Crippen MR) is 110 cm³/mol. The van der Waals surface area contributed by atoms with Crippen LogP contribution in [0.15, 0.2) is 48.5 Å². The summed E-state index contributed by atoms with van der Waals surface area (Å²) in [7, 11) is 0. The van der Waals surface area contributed by atoms with Crippen LogP contribution in [0.1, 0.15) is 20.3 Å². The Morgan fingerprint density at radius 2 is 1.56 bits per heavy atom. The summed E-state index contributed by atoms with van der Waals surface area (Å²) in [5.41, 5.74) is 2.52. The van der Waals surface area contributed by atoms with Gasteiger partial charge in [-0.05, 0) is 62.7 Å². The Labute approximate surface area is 164 Å². The maximum absolute atomic E-state index is 12.4. The number of carbonyl (C=O) groups excluding carboxylic acids is 2. The Bertz CT molecular complexity index is 818. The predicted octanol–water partition coefficient (Wildman–Crippen LogP) is 4.40. The van der Waals surface area contributed by atoms with E-state index in [0.717, 1.165) is 24.5 Å². The zero-order valence-electron chi connectivity index (χ0n) is 15.5. The lowest BCUT2D eigenvalue weighted by Gasteiger charge is -2.21. The van der Waals surface area contributed by atoms with Gasteiger partial charge in [0.15, 0.2) is 0 Å². The first-order chi connectivity index (χ1) is 13.0. The molecule has 3 rings (SSSR count). The number of rotatable bonds is 7. The minimum absolute atomic E-state index is 0.114. The Morgan fingerprint density at radius 1 is 0.963 bits per heavy atom. The van der Waals surface area contributed by atoms with Crippen LogP contribution in [0.5, 0.6) is 0 Å². The minimum atomic E-state index is -0.293. The fourth-order valence-corrected chi connectivity index (χ4v) is 3.35. The molecule has 5 nitrogen and oxygen atoms in total. The van der Waals surface area contributed by atoms with Crippen molar-refractivity contribution in [3.63, 3.8) is 0 Å². The largest absolute Gasteiger partial charge is 0.372 e. The summed E-state index contributed by atoms with van der Waals surface area (Å²) >= 11 is 5.92. The van der Waals surface area contributed by atoms with Gasteiger partial charge in [0.05, 0.1) is 11.8 Å². The van der Waals surface area contributed by atoms with Gasteiger partial charge in [-0.3, -0.25) is 9.59 Å². The van der Waals surface area contributed by atoms with E-state index in [1.165, 1.54) is 0 Å². The number of nitrogens with zero attached hydrogens (tertiary/aromatic N) is 1. The highest BCUT2D eigenvalue weighted by atomic mass is 35.5. The Balaban J connectivity index is 1.53. The molecule has 0 radical (unpaired) electrons. The lowest BCUT2D eigenvalue weighted by molar-refractivity contribution is -0.122. The number of benzene rings is 2. The number of nitrogens with one attached hydrogen (secondary N) is 2. The topological polar surface area (TPSA) is 61.4 Å². The Morgan fingerprint density at radius 3 is 2.11 bits per heavy atom. The first-order valence-corrected chi connectivity index (χ1v) is 9.62. The number of carbonyl (C=O) groups is 2. The summed E-state index contributed by atoms with van der Waals surface area (Å²) in [6.07, 6.45) is 0.565. The fourth-order valence-electron chi connectivity index (χ4n) is 3.16. The third kappa shape index (κ3) is 4.80. The van der Waals surface area contributed by atoms with E-state index in [9.17, 15) is 9.59 Å². The van der Waals surface area contributed by atoms with Gasteiger partial charge in [-0.2, -0.15) is 0 Å². The third-order valence-electron chi connectivity index (χ3n) is 4.82. The van der Waals surface area contributed by atoms with E-state index < -0.39 is 0 Å². The second kappa shape index (κ2) is 8.44. The molecular formula is C21H24ClN3O2. The van der Waals surface area contributed by atoms with E-state index in [4.69, 9.17) is 11.6 Å². The number of anilines is 3. The average molecular weight is 386 g/mol. The molecule has 2 atom stereocenters. The first-order valence-electron chi connectivity index (χ1n) is 9.24. The molecule has 0 saturated heterocycles. The molecule has 0 aromatic heterocycles. The van der Waals surface area contributed by atoms with Crippen LogP contribution in [0, 0.1) is 11.8 Å². The second-order valence-electron chi connectivity index (χ2n) is 6.66. The maximum Gasteiger partial charge on any atom is 0.228 e. The SMILES string of the molecule is CCN(CC)c1ccc(NC(=O)C2CC2C(=O)Nc2cccc(Cl)c2)cc1. The van der Waals surface area contributed by atoms with Crippen LogP contribution in [0.25, 0.3) is 0 Å². The van der Waals surface area contributed by atoms with Crippen molar-refractivity contribution in [3.05, 3.63) is 53.6 Å². The Hall–Kier alpha value is -2.53. The quantitative estimate of drug-likeness (QED) is 0.742. The monoisotopic (exact) mass is 385 g/mol. The molecule has 0 aliphatic heterocycles. The molecule has 2 N–H and O–H groups in total. The van der Waals surface area contributed by atoms with E-state index in [0.29, 0.717) is 17.1 Å². The van der Waals surface area contributed by atoms with Crippen LogP contribution in [0.2, 0.25) is 5.02 Å². The van der Waals surface area contributed by atoms with E-state index in [1.807, 2.05) is 24.3 Å². The zero-order chi connectivity index (χ0) is 19.4. The van der Waals surface area contributed by atoms with Gasteiger partial charge >= 0.3 is 0 Å². The normalized spacial score (nSPS) is 17.9. The molecule has 142 valence electrons. The molecule has 1 saturated carbocycles. The van der Waals surface area contributed by atoms with Crippen LogP contribution < -0.4 is 15.5 Å². The summed E-state index contributed by atoms with van der Waals surface area (Å²) < 4.78 is 0. The third-order valence-corrected chi connectivity index (χ3v) is 5.05. The molecule has 1 fully saturated rings. The van der Waals surface area contributed by atoms with E-state index in [2.05, 4.69) is 29.4 Å². The van der Waals surface area contributed by atoms with E-state index in [-0.39, 0.29) is 23.7 Å². The molecule has 2 unspecified atom stereocenters. The van der Waals surface area contributed by atoms with Gasteiger partial charge in [0.1, 0.15) is 0 Å². The second-order valence-corrected chi connectivity index (χ2v) is 7.09. The van der Waals surface area contributed by atoms with Crippen molar-refractivity contribution in [2.24, 2.45) is 11.8 Å². The zero-order valence-corrected chi connectivity index (χ0v) is 16.3. The first kappa shape index (κ1) is 19.2. The molecule has 2 amide bonds. The molecule has 2 aromatic carbocycles. The highest BCUT2D eigenvalue weighted by Gasteiger charge is 2.48. The van der Waals surface area contributed by atoms with E-state index >= 15 is 0 Å². The number of amides is 2. The van der Waals surface area contributed by atoms with Crippen LogP contribution >= 0.6 is 11.6 Å². The van der Waals surface area contributed by atoms with Crippen molar-refractivity contribution in [2.45, 2.75) is 20.3 Å². The summed E-state index contributed by atoms with van der Waals surface area (Å²) in [6.45, 7) is 6.10. The van der Waals surface area contributed by atoms with Crippen LogP contribution in [-0.2, 0) is 9.59 Å². The molecule has 1 aliphatic carbocycles. The van der Waals surface area contributed by atoms with Crippen molar-refractivity contribution < 1.29 is 9.59 Å². The van der Waals surface area contributed by atoms with Crippen molar-refractivity contribution in [3.8, 4) is 0 Å². The molecule has 27 heavy (non-hydrogen) atoms. The lowest BCUT2D eigenvalue weighted by Crippen LogP contribution is -2.22. The van der Waals surface area contributed by atoms with Gasteiger partial charge < -0.3 is 15.5 Å². The van der Waals surface area contributed by atoms with Crippen molar-refractivity contribution in [1.29, 1.82) is 0 Å². The molecule has 0 bridgehead atoms. The van der Waals surface area contributed by atoms with E-state index in [1.54, 1.807) is 24.3 Å². The van der Waals surface area contributed by atoms with Crippen LogP contribution in [0.3, 0.4) is 0 Å². The van der Waals surface area contributed by atoms with Gasteiger partial charge in [0.2, 0.25) is 11.8 Å². The Kier molecular flexibility index (Phi) is 6.01. The molecular weight excluding hydrogens is 362 g/mol. The highest BCUT2D eigenvalue weighted by Crippen LogP contribution is 2.40. The minimum Gasteiger partial charge on any atom is -0.372 e. The number of halogens is 1. The van der Waals surface area contributed by atoms with Crippen LogP contribution in [0.4, 0.5) is 17.1 Å². The maximum atomic E-state index is 12.4. The molecule has 6 heteroatoms. The van der Waals surface area contributed by atoms with Crippen molar-refractivity contribution >= 4 is 40.5 Å². The van der Waals surface area contributed by atoms with Gasteiger partial charge in [-0.15, -0.1) is 0 Å². The fraction of sp³-hybridized carbons (Fsp3) is 0.333. The summed E-state index contributed by atoms with van der Waals surface area (Å²) in [5, 5.41) is 6.28. The summed E-state index contributed by atoms with van der Waals surface area (Å²) in [4.78, 5) is 26.9. The lowest BCUT2D eigenvalue weighted by atomic mass is 10.2.